The molecule has 2 aliphatic carbocycles. The molecule has 2 atom stereocenters. The minimum absolute atomic E-state index is 0.782. The Morgan fingerprint density at radius 1 is 0.520 bits per heavy atom. The molecule has 6 aromatic rings. The van der Waals surface area contributed by atoms with E-state index in [1.165, 1.54) is 208 Å². The molecule has 16 rings (SSSR count). The minimum atomic E-state index is 0.782. The van der Waals surface area contributed by atoms with E-state index in [9.17, 15) is 0 Å². The average Bonchev–Trinajstić information content (AvgIpc) is 4.23. The van der Waals surface area contributed by atoms with Crippen LogP contribution < -0.4 is 0 Å². The van der Waals surface area contributed by atoms with Gasteiger partial charge in [-0.2, -0.15) is 5.10 Å². The number of aryl methyl sites for hydroxylation is 10. The normalized spacial score (nSPS) is 20.5. The quantitative estimate of drug-likeness (QED) is 0.147. The third-order valence-electron chi connectivity index (χ3n) is 16.6. The lowest BCUT2D eigenvalue weighted by molar-refractivity contribution is 0.305. The number of likely N-dealkylation sites (N-methyl/N-ethyl adjacent to an activating group) is 1. The van der Waals surface area contributed by atoms with Gasteiger partial charge in [-0.15, -0.1) is 0 Å². The zero-order valence-corrected chi connectivity index (χ0v) is 47.8. The van der Waals surface area contributed by atoms with E-state index in [1.807, 2.05) is 60.9 Å². The first-order chi connectivity index (χ1) is 36.4. The van der Waals surface area contributed by atoms with Crippen molar-refractivity contribution < 1.29 is 0 Å². The van der Waals surface area contributed by atoms with E-state index >= 15 is 0 Å². The van der Waals surface area contributed by atoms with Crippen LogP contribution in [0, 0.1) is 20.8 Å². The first-order valence-corrected chi connectivity index (χ1v) is 29.3. The Hall–Kier alpha value is -5.49. The third kappa shape index (κ3) is 13.4. The molecule has 2 unspecified atom stereocenters. The van der Waals surface area contributed by atoms with Gasteiger partial charge in [0.1, 0.15) is 11.6 Å². The van der Waals surface area contributed by atoms with Crippen LogP contribution >= 0.6 is 11.8 Å². The van der Waals surface area contributed by atoms with Crippen molar-refractivity contribution in [3.63, 3.8) is 0 Å². The number of rotatable bonds is 0. The van der Waals surface area contributed by atoms with Gasteiger partial charge in [-0.3, -0.25) is 14.7 Å². The monoisotopic (exact) mass is 1040 g/mol. The zero-order valence-electron chi connectivity index (χ0n) is 47.0. The Labute approximate surface area is 451 Å². The summed E-state index contributed by atoms with van der Waals surface area (Å²) in [4.78, 5) is 37.2. The van der Waals surface area contributed by atoms with Gasteiger partial charge in [0.15, 0.2) is 5.16 Å². The molecule has 0 N–H and O–H groups in total. The molecule has 2 saturated heterocycles. The molecule has 8 aliphatic heterocycles. The third-order valence-corrected chi connectivity index (χ3v) is 17.6. The second kappa shape index (κ2) is 25.6. The Morgan fingerprint density at radius 3 is 1.93 bits per heavy atom. The molecule has 0 radical (unpaired) electrons. The van der Waals surface area contributed by atoms with Crippen LogP contribution in [-0.4, -0.2) is 142 Å². The lowest BCUT2D eigenvalue weighted by Gasteiger charge is -2.29. The average molecular weight is 1040 g/mol. The number of fused-ring (bicyclic) bond motifs is 8. The molecule has 0 spiro atoms. The summed E-state index contributed by atoms with van der Waals surface area (Å²) in [6, 6.07) is 1.63. The van der Waals surface area contributed by atoms with Crippen molar-refractivity contribution in [3.8, 4) is 0 Å². The SMILES string of the molecule is CC1=NCC2CCCN12.CC1=NCCC2CCCN12.CN1CCc2c(ncn2C)C1.Cc1cnc2n1CCC2.Cc1cnc2n1CCS2.Cc1ncc2n1CCC2.Cn1cnc2c1CCC2.Cn1ncc2c1CCC2. The van der Waals surface area contributed by atoms with Gasteiger partial charge in [-0.1, -0.05) is 11.8 Å². The number of aliphatic imine (C=N–C) groups is 2. The van der Waals surface area contributed by atoms with Gasteiger partial charge in [-0.05, 0) is 137 Å². The highest BCUT2D eigenvalue weighted by atomic mass is 32.2. The lowest BCUT2D eigenvalue weighted by atomic mass is 10.1. The second-order valence-corrected chi connectivity index (χ2v) is 22.9. The predicted molar refractivity (Wildman–Crippen MR) is 302 cm³/mol. The van der Waals surface area contributed by atoms with Crippen LogP contribution in [0.3, 0.4) is 0 Å². The molecule has 0 bridgehead atoms. The van der Waals surface area contributed by atoms with Crippen LogP contribution in [-0.2, 0) is 92.3 Å². The summed E-state index contributed by atoms with van der Waals surface area (Å²) < 4.78 is 13.1. The summed E-state index contributed by atoms with van der Waals surface area (Å²) in [7, 11) is 8.29. The highest BCUT2D eigenvalue weighted by Crippen LogP contribution is 2.26. The Balaban J connectivity index is 0.000000105. The first kappa shape index (κ1) is 54.3. The number of hydrogen-bond donors (Lipinski definition) is 0. The van der Waals surface area contributed by atoms with Crippen molar-refractivity contribution in [3.05, 3.63) is 100 Å². The van der Waals surface area contributed by atoms with Gasteiger partial charge >= 0.3 is 0 Å². The molecular weight excluding hydrogens is 955 g/mol. The van der Waals surface area contributed by atoms with E-state index in [4.69, 9.17) is 0 Å². The number of amidine groups is 2. The second-order valence-electron chi connectivity index (χ2n) is 21.8. The highest BCUT2D eigenvalue weighted by Gasteiger charge is 2.29. The molecule has 75 heavy (non-hydrogen) atoms. The maximum atomic E-state index is 4.42. The standard InChI is InChI=1S/C8H13N3.C8H14N2.2C7H10N2.C7H12N2.2C7H10N2.C6H8N2S/c1-10-4-3-8-7(5-10)9-6-11(8)2;1-7-9-5-4-8-3-2-6-10(7)8;1-9-5-8-6-3-2-4-7(6)9;1-9-7-4-2-3-6(7)5-8-9;2*1-6-8-5-7-3-2-4-9(6)7;1-6-5-8-7-3-2-4-9(6)7;1-5-4-7-6-8(5)2-3-9-6/h6H,3-5H2,1-2H3;8H,2-6H2,1H3;2*5H,2-4H2,1H3;7H,2-5H2,1H3;2*5H,2-4H2,1H3;4H,2-3H2,1H3. The molecule has 6 aromatic heterocycles. The highest BCUT2D eigenvalue weighted by molar-refractivity contribution is 7.99. The number of nitrogens with zero attached hydrogens (tertiary/aromatic N) is 17. The molecule has 10 aliphatic rings. The Kier molecular flexibility index (Phi) is 18.5. The molecule has 0 aromatic carbocycles. The van der Waals surface area contributed by atoms with Gasteiger partial charge in [0.25, 0.3) is 0 Å². The maximum absolute atomic E-state index is 4.42. The van der Waals surface area contributed by atoms with Gasteiger partial charge in [-0.25, -0.2) is 24.9 Å². The molecule has 18 heteroatoms. The van der Waals surface area contributed by atoms with Gasteiger partial charge in [0.05, 0.1) is 48.5 Å². The fourth-order valence-electron chi connectivity index (χ4n) is 12.2. The summed E-state index contributed by atoms with van der Waals surface area (Å²) in [5.74, 6) is 6.17. The number of imidazole rings is 5. The summed E-state index contributed by atoms with van der Waals surface area (Å²) in [5.41, 5.74) is 12.3. The van der Waals surface area contributed by atoms with E-state index in [2.05, 4.69) is 133 Å². The van der Waals surface area contributed by atoms with E-state index in [0.29, 0.717) is 0 Å². The molecule has 406 valence electrons. The van der Waals surface area contributed by atoms with Crippen LogP contribution in [0.15, 0.2) is 52.6 Å². The molecule has 17 nitrogen and oxygen atoms in total. The topological polar surface area (TPSA) is 141 Å². The van der Waals surface area contributed by atoms with Crippen LogP contribution in [0.1, 0.15) is 134 Å². The van der Waals surface area contributed by atoms with Crippen LogP contribution in [0.4, 0.5) is 0 Å². The van der Waals surface area contributed by atoms with Gasteiger partial charge < -0.3 is 37.5 Å². The molecule has 0 amide bonds. The van der Waals surface area contributed by atoms with Gasteiger partial charge in [0.2, 0.25) is 0 Å². The summed E-state index contributed by atoms with van der Waals surface area (Å²) in [5, 5.41) is 5.34. The van der Waals surface area contributed by atoms with Crippen LogP contribution in [0.2, 0.25) is 0 Å². The Bertz CT molecular complexity index is 2560. The van der Waals surface area contributed by atoms with Crippen molar-refractivity contribution >= 4 is 23.4 Å². The van der Waals surface area contributed by atoms with E-state index in [1.54, 1.807) is 0 Å². The van der Waals surface area contributed by atoms with Crippen molar-refractivity contribution in [1.82, 2.24) is 72.2 Å². The summed E-state index contributed by atoms with van der Waals surface area (Å²) in [6.45, 7) is 20.8. The van der Waals surface area contributed by atoms with Crippen LogP contribution in [0.5, 0.6) is 0 Å². The largest absolute Gasteiger partial charge is 0.358 e. The Morgan fingerprint density at radius 2 is 1.20 bits per heavy atom. The van der Waals surface area contributed by atoms with E-state index in [-0.39, 0.29) is 0 Å². The maximum Gasteiger partial charge on any atom is 0.168 e. The number of thioether (sulfide) groups is 1. The zero-order chi connectivity index (χ0) is 52.4. The van der Waals surface area contributed by atoms with Crippen molar-refractivity contribution in [1.29, 1.82) is 0 Å². The lowest BCUT2D eigenvalue weighted by Crippen LogP contribution is -2.37. The number of aromatic nitrogens is 12. The number of hydrogen-bond acceptors (Lipinski definition) is 12. The first-order valence-electron chi connectivity index (χ1n) is 28.3. The van der Waals surface area contributed by atoms with Crippen molar-refractivity contribution in [2.45, 2.75) is 181 Å². The summed E-state index contributed by atoms with van der Waals surface area (Å²) in [6.07, 6.45) is 32.1. The van der Waals surface area contributed by atoms with E-state index < -0.39 is 0 Å². The predicted octanol–water partition coefficient (Wildman–Crippen LogP) is 7.95. The van der Waals surface area contributed by atoms with Crippen molar-refractivity contribution in [2.24, 2.45) is 31.1 Å². The minimum Gasteiger partial charge on any atom is -0.358 e. The molecule has 2 fully saturated rings. The smallest absolute Gasteiger partial charge is 0.168 e. The molecule has 14 heterocycles. The van der Waals surface area contributed by atoms with E-state index in [0.717, 1.165) is 51.2 Å². The van der Waals surface area contributed by atoms with Gasteiger partial charge in [0, 0.05) is 157 Å². The summed E-state index contributed by atoms with van der Waals surface area (Å²) >= 11 is 1.84. The fourth-order valence-corrected chi connectivity index (χ4v) is 13.2. The molecule has 0 saturated carbocycles. The van der Waals surface area contributed by atoms with Crippen LogP contribution in [0.25, 0.3) is 0 Å². The fraction of sp³-hybridized carbons (Fsp3) is 0.649. The molecular formula is C57H87N17S. The van der Waals surface area contributed by atoms with Crippen molar-refractivity contribution in [2.75, 3.05) is 45.5 Å².